The minimum Gasteiger partial charge on any atom is -0.493 e. The number of hydrogen-bond acceptors (Lipinski definition) is 3. The number of hydrogen-bond donors (Lipinski definition) is 1. The van der Waals surface area contributed by atoms with Gasteiger partial charge in [-0.3, -0.25) is 0 Å². The van der Waals surface area contributed by atoms with Crippen molar-refractivity contribution in [1.29, 1.82) is 0 Å². The van der Waals surface area contributed by atoms with Crippen LogP contribution in [0.15, 0.2) is 12.1 Å². The molecule has 0 bridgehead atoms. The van der Waals surface area contributed by atoms with E-state index in [1.165, 1.54) is 0 Å². The molecule has 1 heterocycles. The van der Waals surface area contributed by atoms with Gasteiger partial charge in [0.15, 0.2) is 0 Å². The van der Waals surface area contributed by atoms with Gasteiger partial charge >= 0.3 is 0 Å². The topological polar surface area (TPSA) is 44.5 Å². The van der Waals surface area contributed by atoms with Gasteiger partial charge in [0, 0.05) is 0 Å². The number of ether oxygens (including phenoxy) is 2. The van der Waals surface area contributed by atoms with E-state index in [2.05, 4.69) is 0 Å². The zero-order chi connectivity index (χ0) is 10.1. The van der Waals surface area contributed by atoms with E-state index in [-0.39, 0.29) is 6.04 Å². The third kappa shape index (κ3) is 1.34. The highest BCUT2D eigenvalue weighted by molar-refractivity contribution is 5.53. The monoisotopic (exact) mass is 193 g/mol. The first-order valence-electron chi connectivity index (χ1n) is 4.88. The Bertz CT molecular complexity index is 349. The zero-order valence-electron chi connectivity index (χ0n) is 8.54. The van der Waals surface area contributed by atoms with Crippen molar-refractivity contribution in [3.8, 4) is 11.5 Å². The van der Waals surface area contributed by atoms with Crippen LogP contribution in [0.2, 0.25) is 0 Å². The summed E-state index contributed by atoms with van der Waals surface area (Å²) in [6.45, 7) is 5.20. The number of nitrogens with two attached hydrogens (primary N) is 1. The summed E-state index contributed by atoms with van der Waals surface area (Å²) in [7, 11) is 0. The summed E-state index contributed by atoms with van der Waals surface area (Å²) in [4.78, 5) is 0. The molecule has 1 aliphatic rings. The zero-order valence-corrected chi connectivity index (χ0v) is 8.54. The van der Waals surface area contributed by atoms with Gasteiger partial charge in [-0.25, -0.2) is 0 Å². The number of rotatable bonds is 2. The Morgan fingerprint density at radius 2 is 2.36 bits per heavy atom. The Hall–Kier alpha value is -1.22. The summed E-state index contributed by atoms with van der Waals surface area (Å²) in [5.41, 5.74) is 8.08. The first-order valence-corrected chi connectivity index (χ1v) is 4.88. The van der Waals surface area contributed by atoms with Crippen LogP contribution in [-0.2, 0) is 0 Å². The lowest BCUT2D eigenvalue weighted by molar-refractivity contribution is 0.329. The highest BCUT2D eigenvalue weighted by atomic mass is 16.5. The van der Waals surface area contributed by atoms with Gasteiger partial charge in [-0.05, 0) is 25.5 Å². The molecule has 0 fully saturated rings. The predicted octanol–water partition coefficient (Wildman–Crippen LogP) is 1.79. The van der Waals surface area contributed by atoms with Crippen molar-refractivity contribution in [2.45, 2.75) is 19.9 Å². The molecule has 1 aromatic carbocycles. The lowest BCUT2D eigenvalue weighted by Gasteiger charge is -2.11. The maximum atomic E-state index is 5.94. The lowest BCUT2D eigenvalue weighted by atomic mass is 10.0. The van der Waals surface area contributed by atoms with Crippen molar-refractivity contribution in [1.82, 2.24) is 0 Å². The summed E-state index contributed by atoms with van der Waals surface area (Å²) in [6.07, 6.45) is 0. The van der Waals surface area contributed by atoms with Gasteiger partial charge in [-0.15, -0.1) is 0 Å². The standard InChI is InChI=1S/C11H15NO2/c1-3-13-9-5-4-7(2)11-10(9)8(12)6-14-11/h4-5,8H,3,6,12H2,1-2H3/t8-/m1/s1. The fraction of sp³-hybridized carbons (Fsp3) is 0.455. The van der Waals surface area contributed by atoms with Crippen molar-refractivity contribution in [3.05, 3.63) is 23.3 Å². The third-order valence-corrected chi connectivity index (χ3v) is 2.43. The van der Waals surface area contributed by atoms with Crippen molar-refractivity contribution in [2.24, 2.45) is 5.73 Å². The number of benzene rings is 1. The fourth-order valence-corrected chi connectivity index (χ4v) is 1.77. The molecule has 0 aromatic heterocycles. The summed E-state index contributed by atoms with van der Waals surface area (Å²) in [5, 5.41) is 0. The molecule has 0 unspecified atom stereocenters. The van der Waals surface area contributed by atoms with Gasteiger partial charge in [0.05, 0.1) is 18.2 Å². The predicted molar refractivity (Wildman–Crippen MR) is 54.8 cm³/mol. The summed E-state index contributed by atoms with van der Waals surface area (Å²) in [5.74, 6) is 1.77. The first-order chi connectivity index (χ1) is 6.74. The van der Waals surface area contributed by atoms with Gasteiger partial charge in [0.1, 0.15) is 18.1 Å². The second-order valence-corrected chi connectivity index (χ2v) is 3.47. The van der Waals surface area contributed by atoms with Crippen LogP contribution in [-0.4, -0.2) is 13.2 Å². The van der Waals surface area contributed by atoms with Crippen LogP contribution in [0.3, 0.4) is 0 Å². The second kappa shape index (κ2) is 3.50. The Morgan fingerprint density at radius 3 is 3.07 bits per heavy atom. The molecule has 0 aliphatic carbocycles. The van der Waals surface area contributed by atoms with E-state index >= 15 is 0 Å². The van der Waals surface area contributed by atoms with Crippen molar-refractivity contribution < 1.29 is 9.47 Å². The Morgan fingerprint density at radius 1 is 1.57 bits per heavy atom. The van der Waals surface area contributed by atoms with Crippen molar-refractivity contribution in [2.75, 3.05) is 13.2 Å². The molecular weight excluding hydrogens is 178 g/mol. The summed E-state index contributed by atoms with van der Waals surface area (Å²) < 4.78 is 11.0. The molecule has 1 aromatic rings. The maximum absolute atomic E-state index is 5.94. The second-order valence-electron chi connectivity index (χ2n) is 3.47. The highest BCUT2D eigenvalue weighted by Crippen LogP contribution is 2.40. The molecular formula is C11H15NO2. The minimum atomic E-state index is -0.0496. The van der Waals surface area contributed by atoms with Crippen molar-refractivity contribution >= 4 is 0 Å². The average Bonchev–Trinajstić information content (AvgIpc) is 2.55. The molecule has 76 valence electrons. The van der Waals surface area contributed by atoms with Gasteiger partial charge in [0.25, 0.3) is 0 Å². The van der Waals surface area contributed by atoms with Crippen LogP contribution >= 0.6 is 0 Å². The van der Waals surface area contributed by atoms with Crippen LogP contribution in [0.1, 0.15) is 24.1 Å². The number of aryl methyl sites for hydroxylation is 1. The van der Waals surface area contributed by atoms with E-state index in [1.54, 1.807) is 0 Å². The SMILES string of the molecule is CCOc1ccc(C)c2c1[C@H](N)CO2. The lowest BCUT2D eigenvalue weighted by Crippen LogP contribution is -2.12. The molecule has 14 heavy (non-hydrogen) atoms. The van der Waals surface area contributed by atoms with Crippen LogP contribution in [0.5, 0.6) is 11.5 Å². The Labute approximate surface area is 83.8 Å². The van der Waals surface area contributed by atoms with E-state index in [9.17, 15) is 0 Å². The largest absolute Gasteiger partial charge is 0.493 e. The molecule has 1 aliphatic heterocycles. The van der Waals surface area contributed by atoms with E-state index in [0.717, 1.165) is 22.6 Å². The minimum absolute atomic E-state index is 0.0496. The summed E-state index contributed by atoms with van der Waals surface area (Å²) >= 11 is 0. The first kappa shape index (κ1) is 9.34. The van der Waals surface area contributed by atoms with Crippen molar-refractivity contribution in [3.63, 3.8) is 0 Å². The van der Waals surface area contributed by atoms with Gasteiger partial charge in [-0.1, -0.05) is 6.07 Å². The van der Waals surface area contributed by atoms with Gasteiger partial charge in [0.2, 0.25) is 0 Å². The van der Waals surface area contributed by atoms with E-state index in [4.69, 9.17) is 15.2 Å². The Kier molecular flexibility index (Phi) is 2.33. The molecule has 3 heteroatoms. The maximum Gasteiger partial charge on any atom is 0.130 e. The number of fused-ring (bicyclic) bond motifs is 1. The van der Waals surface area contributed by atoms with E-state index < -0.39 is 0 Å². The molecule has 0 radical (unpaired) electrons. The molecule has 2 rings (SSSR count). The molecule has 0 saturated carbocycles. The smallest absolute Gasteiger partial charge is 0.130 e. The molecule has 1 atom stereocenters. The quantitative estimate of drug-likeness (QED) is 0.778. The average molecular weight is 193 g/mol. The van der Waals surface area contributed by atoms with Crippen LogP contribution in [0.4, 0.5) is 0 Å². The van der Waals surface area contributed by atoms with E-state index in [1.807, 2.05) is 26.0 Å². The van der Waals surface area contributed by atoms with Crippen LogP contribution in [0, 0.1) is 6.92 Å². The molecule has 0 amide bonds. The normalized spacial score (nSPS) is 18.9. The highest BCUT2D eigenvalue weighted by Gasteiger charge is 2.26. The Balaban J connectivity index is 2.49. The molecule has 0 spiro atoms. The fourth-order valence-electron chi connectivity index (χ4n) is 1.77. The molecule has 3 nitrogen and oxygen atoms in total. The van der Waals surface area contributed by atoms with Crippen LogP contribution in [0.25, 0.3) is 0 Å². The third-order valence-electron chi connectivity index (χ3n) is 2.43. The van der Waals surface area contributed by atoms with Crippen LogP contribution < -0.4 is 15.2 Å². The molecule has 0 saturated heterocycles. The molecule has 2 N–H and O–H groups in total. The summed E-state index contributed by atoms with van der Waals surface area (Å²) in [6, 6.07) is 3.92. The van der Waals surface area contributed by atoms with Gasteiger partial charge in [-0.2, -0.15) is 0 Å². The van der Waals surface area contributed by atoms with E-state index in [0.29, 0.717) is 13.2 Å². The van der Waals surface area contributed by atoms with Gasteiger partial charge < -0.3 is 15.2 Å².